The molecule has 0 spiro atoms. The predicted octanol–water partition coefficient (Wildman–Crippen LogP) is 5.50. The molecule has 5 nitrogen and oxygen atoms in total. The van der Waals surface area contributed by atoms with Gasteiger partial charge in [0.05, 0.1) is 22.7 Å². The Bertz CT molecular complexity index is 1320. The molecule has 1 fully saturated rings. The number of hydrogen-bond donors (Lipinski definition) is 0. The van der Waals surface area contributed by atoms with E-state index in [0.717, 1.165) is 27.0 Å². The van der Waals surface area contributed by atoms with E-state index in [9.17, 15) is 9.59 Å². The summed E-state index contributed by atoms with van der Waals surface area (Å²) in [7, 11) is 0. The molecule has 6 heteroatoms. The predicted molar refractivity (Wildman–Crippen MR) is 134 cm³/mol. The number of amides is 2. The molecule has 5 rings (SSSR count). The summed E-state index contributed by atoms with van der Waals surface area (Å²) in [6, 6.07) is 23.7. The number of fused-ring (bicyclic) bond motifs is 1. The number of carbonyl (C=O) groups excluding carboxylic acids is 2. The number of hydrogen-bond acceptors (Lipinski definition) is 4. The largest absolute Gasteiger partial charge is 0.312 e. The Morgan fingerprint density at radius 2 is 1.76 bits per heavy atom. The third kappa shape index (κ3) is 4.26. The van der Waals surface area contributed by atoms with E-state index in [1.165, 1.54) is 16.9 Å². The molecular weight excluding hydrogens is 430 g/mol. The van der Waals surface area contributed by atoms with Crippen molar-refractivity contribution in [1.82, 2.24) is 4.98 Å². The van der Waals surface area contributed by atoms with Gasteiger partial charge in [-0.05, 0) is 48.7 Å². The van der Waals surface area contributed by atoms with Crippen molar-refractivity contribution in [3.8, 4) is 0 Å². The van der Waals surface area contributed by atoms with Gasteiger partial charge in [-0.15, -0.1) is 0 Å². The van der Waals surface area contributed by atoms with Crippen molar-refractivity contribution in [2.45, 2.75) is 26.8 Å². The van der Waals surface area contributed by atoms with Gasteiger partial charge in [0.1, 0.15) is 0 Å². The summed E-state index contributed by atoms with van der Waals surface area (Å²) in [5.41, 5.74) is 5.07. The fourth-order valence-corrected chi connectivity index (χ4v) is 5.58. The summed E-state index contributed by atoms with van der Waals surface area (Å²) >= 11 is 1.53. The normalized spacial score (nSPS) is 15.9. The van der Waals surface area contributed by atoms with Crippen LogP contribution in [0.25, 0.3) is 10.2 Å². The molecule has 0 bridgehead atoms. The minimum Gasteiger partial charge on any atom is -0.312 e. The maximum atomic E-state index is 13.8. The van der Waals surface area contributed by atoms with Crippen LogP contribution in [0.3, 0.4) is 0 Å². The highest BCUT2D eigenvalue weighted by Gasteiger charge is 2.38. The molecule has 1 aliphatic rings. The van der Waals surface area contributed by atoms with Gasteiger partial charge in [0.2, 0.25) is 11.8 Å². The van der Waals surface area contributed by atoms with E-state index in [0.29, 0.717) is 18.2 Å². The Kier molecular flexibility index (Phi) is 5.68. The lowest BCUT2D eigenvalue weighted by molar-refractivity contribution is -0.124. The average molecular weight is 456 g/mol. The molecule has 1 saturated heterocycles. The Hall–Kier alpha value is -3.51. The number of rotatable bonds is 5. The first-order chi connectivity index (χ1) is 16.0. The second-order valence-electron chi connectivity index (χ2n) is 8.58. The molecule has 0 N–H and O–H groups in total. The SMILES string of the molecule is Cc1cc(C)c2nc(N(Cc3ccccc3)C(=O)C3CC(=O)N(c4ccccc4)C3)sc2c1. The van der Waals surface area contributed by atoms with Gasteiger partial charge in [-0.3, -0.25) is 14.5 Å². The van der Waals surface area contributed by atoms with Crippen LogP contribution in [0.2, 0.25) is 0 Å². The van der Waals surface area contributed by atoms with Crippen molar-refractivity contribution < 1.29 is 9.59 Å². The van der Waals surface area contributed by atoms with E-state index in [4.69, 9.17) is 4.98 Å². The Morgan fingerprint density at radius 1 is 1.06 bits per heavy atom. The minimum atomic E-state index is -0.406. The van der Waals surface area contributed by atoms with Crippen LogP contribution < -0.4 is 9.80 Å². The number of para-hydroxylation sites is 1. The summed E-state index contributed by atoms with van der Waals surface area (Å²) in [6.45, 7) is 4.93. The molecule has 1 atom stereocenters. The quantitative estimate of drug-likeness (QED) is 0.399. The number of anilines is 2. The van der Waals surface area contributed by atoms with Crippen molar-refractivity contribution in [1.29, 1.82) is 0 Å². The zero-order valence-electron chi connectivity index (χ0n) is 18.7. The van der Waals surface area contributed by atoms with Crippen molar-refractivity contribution in [2.24, 2.45) is 5.92 Å². The van der Waals surface area contributed by atoms with Gasteiger partial charge in [-0.1, -0.05) is 65.9 Å². The van der Waals surface area contributed by atoms with Crippen molar-refractivity contribution in [3.05, 3.63) is 89.5 Å². The van der Waals surface area contributed by atoms with E-state index < -0.39 is 5.92 Å². The molecule has 0 aliphatic carbocycles. The summed E-state index contributed by atoms with van der Waals surface area (Å²) in [5, 5.41) is 0.679. The second kappa shape index (κ2) is 8.79. The van der Waals surface area contributed by atoms with Crippen molar-refractivity contribution in [3.63, 3.8) is 0 Å². The number of benzene rings is 3. The third-order valence-electron chi connectivity index (χ3n) is 6.04. The Balaban J connectivity index is 1.49. The van der Waals surface area contributed by atoms with Gasteiger partial charge in [0, 0.05) is 18.7 Å². The molecule has 33 heavy (non-hydrogen) atoms. The highest BCUT2D eigenvalue weighted by atomic mass is 32.1. The van der Waals surface area contributed by atoms with Gasteiger partial charge >= 0.3 is 0 Å². The van der Waals surface area contributed by atoms with Crippen LogP contribution in [0.5, 0.6) is 0 Å². The molecule has 1 aliphatic heterocycles. The van der Waals surface area contributed by atoms with Crippen LogP contribution in [-0.4, -0.2) is 23.3 Å². The first kappa shape index (κ1) is 21.3. The maximum absolute atomic E-state index is 13.8. The number of aryl methyl sites for hydroxylation is 2. The summed E-state index contributed by atoms with van der Waals surface area (Å²) in [5.74, 6) is -0.481. The fourth-order valence-electron chi connectivity index (χ4n) is 4.43. The topological polar surface area (TPSA) is 53.5 Å². The van der Waals surface area contributed by atoms with Gasteiger partial charge < -0.3 is 4.90 Å². The zero-order chi connectivity index (χ0) is 22.9. The highest BCUT2D eigenvalue weighted by Crippen LogP contribution is 2.35. The molecule has 4 aromatic rings. The summed E-state index contributed by atoms with van der Waals surface area (Å²) in [4.78, 5) is 34.9. The lowest BCUT2D eigenvalue weighted by Crippen LogP contribution is -2.37. The van der Waals surface area contributed by atoms with E-state index >= 15 is 0 Å². The van der Waals surface area contributed by atoms with Crippen LogP contribution in [0.15, 0.2) is 72.8 Å². The molecule has 1 unspecified atom stereocenters. The molecule has 166 valence electrons. The van der Waals surface area contributed by atoms with E-state index in [1.54, 1.807) is 9.80 Å². The first-order valence-electron chi connectivity index (χ1n) is 11.1. The van der Waals surface area contributed by atoms with Crippen LogP contribution in [0.1, 0.15) is 23.1 Å². The van der Waals surface area contributed by atoms with Crippen molar-refractivity contribution in [2.75, 3.05) is 16.3 Å². The van der Waals surface area contributed by atoms with Crippen LogP contribution >= 0.6 is 11.3 Å². The highest BCUT2D eigenvalue weighted by molar-refractivity contribution is 7.22. The molecule has 2 amide bonds. The number of carbonyl (C=O) groups is 2. The van der Waals surface area contributed by atoms with Crippen LogP contribution in [-0.2, 0) is 16.1 Å². The Labute approximate surface area is 197 Å². The molecule has 1 aromatic heterocycles. The molecular formula is C27H25N3O2S. The van der Waals surface area contributed by atoms with E-state index in [1.807, 2.05) is 60.7 Å². The van der Waals surface area contributed by atoms with Gasteiger partial charge in [0.25, 0.3) is 0 Å². The maximum Gasteiger partial charge on any atom is 0.234 e. The summed E-state index contributed by atoms with van der Waals surface area (Å²) < 4.78 is 1.07. The molecule has 0 saturated carbocycles. The molecule has 2 heterocycles. The van der Waals surface area contributed by atoms with Gasteiger partial charge in [-0.2, -0.15) is 0 Å². The molecule has 0 radical (unpaired) electrons. The third-order valence-corrected chi connectivity index (χ3v) is 7.07. The second-order valence-corrected chi connectivity index (χ2v) is 9.59. The minimum absolute atomic E-state index is 0.0185. The smallest absolute Gasteiger partial charge is 0.234 e. The monoisotopic (exact) mass is 455 g/mol. The fraction of sp³-hybridized carbons (Fsp3) is 0.222. The van der Waals surface area contributed by atoms with Crippen LogP contribution in [0, 0.1) is 19.8 Å². The van der Waals surface area contributed by atoms with Gasteiger partial charge in [0.15, 0.2) is 5.13 Å². The zero-order valence-corrected chi connectivity index (χ0v) is 19.5. The first-order valence-corrected chi connectivity index (χ1v) is 11.9. The summed E-state index contributed by atoms with van der Waals surface area (Å²) in [6.07, 6.45) is 0.210. The van der Waals surface area contributed by atoms with E-state index in [2.05, 4.69) is 26.0 Å². The lowest BCUT2D eigenvalue weighted by Gasteiger charge is -2.23. The number of thiazole rings is 1. The van der Waals surface area contributed by atoms with E-state index in [-0.39, 0.29) is 18.2 Å². The standard InChI is InChI=1S/C27H25N3O2S/c1-18-13-19(2)25-23(14-18)33-27(28-25)30(16-20-9-5-3-6-10-20)26(32)21-15-24(31)29(17-21)22-11-7-4-8-12-22/h3-14,21H,15-17H2,1-2H3. The van der Waals surface area contributed by atoms with Crippen LogP contribution in [0.4, 0.5) is 10.8 Å². The Morgan fingerprint density at radius 3 is 2.48 bits per heavy atom. The van der Waals surface area contributed by atoms with Crippen molar-refractivity contribution >= 4 is 44.2 Å². The lowest BCUT2D eigenvalue weighted by atomic mass is 10.1. The number of aromatic nitrogens is 1. The molecule has 3 aromatic carbocycles. The average Bonchev–Trinajstić information content (AvgIpc) is 3.42. The number of nitrogens with zero attached hydrogens (tertiary/aromatic N) is 3. The van der Waals surface area contributed by atoms with Gasteiger partial charge in [-0.25, -0.2) is 4.98 Å².